The van der Waals surface area contributed by atoms with E-state index in [1.165, 1.54) is 6.07 Å². The number of nitrogens with zero attached hydrogens (tertiary/aromatic N) is 2. The molecule has 2 fully saturated rings. The molecular weight excluding hydrogens is 410 g/mol. The van der Waals surface area contributed by atoms with E-state index in [2.05, 4.69) is 9.64 Å². The molecule has 0 N–H and O–H groups in total. The van der Waals surface area contributed by atoms with Gasteiger partial charge in [0.15, 0.2) is 11.5 Å². The van der Waals surface area contributed by atoms with E-state index in [4.69, 9.17) is 4.74 Å². The van der Waals surface area contributed by atoms with Crippen LogP contribution in [0.15, 0.2) is 18.2 Å². The third kappa shape index (κ3) is 6.70. The second-order valence-electron chi connectivity index (χ2n) is 8.63. The zero-order chi connectivity index (χ0) is 22.5. The number of alkyl halides is 2. The van der Waals surface area contributed by atoms with Crippen molar-refractivity contribution >= 4 is 17.6 Å². The van der Waals surface area contributed by atoms with Crippen LogP contribution in [-0.4, -0.2) is 55.7 Å². The summed E-state index contributed by atoms with van der Waals surface area (Å²) >= 11 is 0. The Bertz CT molecular complexity index is 785. The van der Waals surface area contributed by atoms with Crippen molar-refractivity contribution in [2.24, 2.45) is 11.8 Å². The molecule has 1 unspecified atom stereocenters. The Hall–Kier alpha value is -2.58. The number of carbonyl (C=O) groups is 2. The maximum Gasteiger partial charge on any atom is 0.387 e. The molecule has 172 valence electrons. The van der Waals surface area contributed by atoms with Gasteiger partial charge >= 0.3 is 6.61 Å². The molecule has 0 radical (unpaired) electrons. The summed E-state index contributed by atoms with van der Waals surface area (Å²) in [6.07, 6.45) is 2.23. The van der Waals surface area contributed by atoms with Gasteiger partial charge in [0.1, 0.15) is 0 Å². The zero-order valence-corrected chi connectivity index (χ0v) is 17.9. The predicted octanol–water partition coefficient (Wildman–Crippen LogP) is 2.28. The molecule has 9 heteroatoms. The number of piperazine rings is 1. The molecule has 1 aromatic carbocycles. The highest BCUT2D eigenvalue weighted by Gasteiger charge is 2.31. The molecule has 0 aromatic heterocycles. The van der Waals surface area contributed by atoms with E-state index in [-0.39, 0.29) is 17.5 Å². The number of anilines is 1. The average Bonchev–Trinajstić information content (AvgIpc) is 3.50. The fourth-order valence-corrected chi connectivity index (χ4v) is 3.88. The van der Waals surface area contributed by atoms with Gasteiger partial charge in [-0.2, -0.15) is 8.78 Å². The number of ether oxygens (including phenoxy) is 2. The van der Waals surface area contributed by atoms with Crippen LogP contribution in [0.2, 0.25) is 0 Å². The van der Waals surface area contributed by atoms with Gasteiger partial charge in [-0.25, -0.2) is 0 Å². The normalized spacial score (nSPS) is 19.1. The van der Waals surface area contributed by atoms with Gasteiger partial charge in [0, 0.05) is 37.4 Å². The fraction of sp³-hybridized carbons (Fsp3) is 0.636. The maximum atomic E-state index is 12.8. The standard InChI is InChI=1S/C22H30F2N2O5/c1-14(2)9-17-12-25(7-8-26(17)20(27)11-21(28)29)16-5-6-18(31-22(23)24)19(10-16)30-13-15-3-4-15/h5-6,10,14-15,17,22H,3-4,7-9,11-13H2,1-2H3,(H,28,29)/p-1. The number of benzene rings is 1. The third-order valence-corrected chi connectivity index (χ3v) is 5.52. The summed E-state index contributed by atoms with van der Waals surface area (Å²) in [5.41, 5.74) is 0.785. The Labute approximate surface area is 180 Å². The molecule has 0 bridgehead atoms. The van der Waals surface area contributed by atoms with Crippen molar-refractivity contribution in [1.29, 1.82) is 0 Å². The van der Waals surface area contributed by atoms with Gasteiger partial charge in [-0.05, 0) is 43.2 Å². The third-order valence-electron chi connectivity index (χ3n) is 5.52. The quantitative estimate of drug-likeness (QED) is 0.521. The smallest absolute Gasteiger partial charge is 0.387 e. The largest absolute Gasteiger partial charge is 0.550 e. The molecule has 0 spiro atoms. The lowest BCUT2D eigenvalue weighted by atomic mass is 9.99. The molecule has 1 aliphatic carbocycles. The van der Waals surface area contributed by atoms with Crippen LogP contribution < -0.4 is 19.5 Å². The van der Waals surface area contributed by atoms with Crippen LogP contribution in [0.5, 0.6) is 11.5 Å². The van der Waals surface area contributed by atoms with Gasteiger partial charge in [0.25, 0.3) is 0 Å². The molecule has 2 aliphatic rings. The van der Waals surface area contributed by atoms with Crippen molar-refractivity contribution in [3.05, 3.63) is 18.2 Å². The van der Waals surface area contributed by atoms with Crippen LogP contribution in [0.25, 0.3) is 0 Å². The SMILES string of the molecule is CC(C)CC1CN(c2ccc(OC(F)F)c(OCC3CC3)c2)CCN1C(=O)CC(=O)[O-]. The van der Waals surface area contributed by atoms with E-state index in [1.807, 2.05) is 13.8 Å². The number of hydrogen-bond donors (Lipinski definition) is 0. The lowest BCUT2D eigenvalue weighted by molar-refractivity contribution is -0.304. The summed E-state index contributed by atoms with van der Waals surface area (Å²) < 4.78 is 35.9. The van der Waals surface area contributed by atoms with Gasteiger partial charge in [-0.15, -0.1) is 0 Å². The molecule has 7 nitrogen and oxygen atoms in total. The van der Waals surface area contributed by atoms with Gasteiger partial charge in [0.05, 0.1) is 19.0 Å². The molecule has 1 atom stereocenters. The van der Waals surface area contributed by atoms with Crippen LogP contribution in [-0.2, 0) is 9.59 Å². The minimum Gasteiger partial charge on any atom is -0.550 e. The molecule has 1 aliphatic heterocycles. The Morgan fingerprint density at radius 3 is 2.55 bits per heavy atom. The highest BCUT2D eigenvalue weighted by molar-refractivity contribution is 5.92. The summed E-state index contributed by atoms with van der Waals surface area (Å²) in [5.74, 6) is -0.789. The minimum absolute atomic E-state index is 0.000836. The first-order valence-electron chi connectivity index (χ1n) is 10.7. The van der Waals surface area contributed by atoms with Gasteiger partial charge in [-0.1, -0.05) is 13.8 Å². The number of carbonyl (C=O) groups excluding carboxylic acids is 2. The molecule has 31 heavy (non-hydrogen) atoms. The van der Waals surface area contributed by atoms with E-state index in [0.29, 0.717) is 44.5 Å². The first-order chi connectivity index (χ1) is 14.7. The van der Waals surface area contributed by atoms with E-state index in [0.717, 1.165) is 18.5 Å². The van der Waals surface area contributed by atoms with Crippen LogP contribution in [0.3, 0.4) is 0 Å². The zero-order valence-electron chi connectivity index (χ0n) is 17.9. The highest BCUT2D eigenvalue weighted by Crippen LogP contribution is 2.37. The topological polar surface area (TPSA) is 82.1 Å². The van der Waals surface area contributed by atoms with Gasteiger partial charge < -0.3 is 29.2 Å². The van der Waals surface area contributed by atoms with E-state index in [9.17, 15) is 23.5 Å². The summed E-state index contributed by atoms with van der Waals surface area (Å²) in [6, 6.07) is 4.72. The van der Waals surface area contributed by atoms with Crippen molar-refractivity contribution in [1.82, 2.24) is 4.90 Å². The van der Waals surface area contributed by atoms with Crippen molar-refractivity contribution in [2.45, 2.75) is 52.2 Å². The maximum absolute atomic E-state index is 12.8. The Balaban J connectivity index is 1.76. The van der Waals surface area contributed by atoms with Crippen LogP contribution >= 0.6 is 0 Å². The molecule has 1 amide bonds. The van der Waals surface area contributed by atoms with E-state index < -0.39 is 24.9 Å². The summed E-state index contributed by atoms with van der Waals surface area (Å²) in [5, 5.41) is 10.9. The number of amides is 1. The van der Waals surface area contributed by atoms with Crippen LogP contribution in [0.4, 0.5) is 14.5 Å². The summed E-state index contributed by atoms with van der Waals surface area (Å²) in [7, 11) is 0. The van der Waals surface area contributed by atoms with E-state index in [1.54, 1.807) is 17.0 Å². The second kappa shape index (κ2) is 10.2. The predicted molar refractivity (Wildman–Crippen MR) is 108 cm³/mol. The lowest BCUT2D eigenvalue weighted by Crippen LogP contribution is -2.56. The highest BCUT2D eigenvalue weighted by atomic mass is 19.3. The number of carboxylic acid groups (broad SMARTS) is 1. The number of aliphatic carboxylic acids is 1. The van der Waals surface area contributed by atoms with Gasteiger partial charge in [0.2, 0.25) is 5.91 Å². The van der Waals surface area contributed by atoms with Crippen molar-refractivity contribution in [2.75, 3.05) is 31.1 Å². The number of carboxylic acids is 1. The number of halogens is 2. The van der Waals surface area contributed by atoms with Gasteiger partial charge in [-0.3, -0.25) is 4.79 Å². The lowest BCUT2D eigenvalue weighted by Gasteiger charge is -2.43. The monoisotopic (exact) mass is 439 g/mol. The van der Waals surface area contributed by atoms with Crippen molar-refractivity contribution < 1.29 is 33.0 Å². The first-order valence-corrected chi connectivity index (χ1v) is 10.7. The molecule has 1 saturated heterocycles. The van der Waals surface area contributed by atoms with E-state index >= 15 is 0 Å². The molecule has 3 rings (SSSR count). The molecular formula is C22H29F2N2O5-. The first kappa shape index (κ1) is 23.1. The Morgan fingerprint density at radius 1 is 1.19 bits per heavy atom. The van der Waals surface area contributed by atoms with Crippen molar-refractivity contribution in [3.63, 3.8) is 0 Å². The number of hydrogen-bond acceptors (Lipinski definition) is 6. The average molecular weight is 439 g/mol. The fourth-order valence-electron chi connectivity index (χ4n) is 3.88. The Kier molecular flexibility index (Phi) is 7.56. The summed E-state index contributed by atoms with van der Waals surface area (Å²) in [4.78, 5) is 26.9. The Morgan fingerprint density at radius 2 is 1.94 bits per heavy atom. The van der Waals surface area contributed by atoms with Crippen molar-refractivity contribution in [3.8, 4) is 11.5 Å². The minimum atomic E-state index is -2.94. The van der Waals surface area contributed by atoms with Crippen LogP contribution in [0.1, 0.15) is 39.5 Å². The molecule has 1 heterocycles. The van der Waals surface area contributed by atoms with Crippen LogP contribution in [0, 0.1) is 11.8 Å². The number of rotatable bonds is 10. The summed E-state index contributed by atoms with van der Waals surface area (Å²) in [6.45, 7) is 2.98. The second-order valence-corrected chi connectivity index (χ2v) is 8.63. The molecule has 1 aromatic rings. The molecule has 1 saturated carbocycles.